The van der Waals surface area contributed by atoms with E-state index in [-0.39, 0.29) is 5.91 Å². The normalized spacial score (nSPS) is 15.1. The van der Waals surface area contributed by atoms with Gasteiger partial charge in [-0.1, -0.05) is 30.3 Å². The second-order valence-corrected chi connectivity index (χ2v) is 8.71. The van der Waals surface area contributed by atoms with Gasteiger partial charge in [-0.2, -0.15) is 0 Å². The van der Waals surface area contributed by atoms with E-state index < -0.39 is 6.10 Å². The van der Waals surface area contributed by atoms with E-state index in [1.165, 1.54) is 10.9 Å². The van der Waals surface area contributed by atoms with E-state index >= 15 is 0 Å². The molecule has 1 atom stereocenters. The Morgan fingerprint density at radius 2 is 1.94 bits per heavy atom. The molecule has 0 bridgehead atoms. The third kappa shape index (κ3) is 5.90. The van der Waals surface area contributed by atoms with Gasteiger partial charge in [0.25, 0.3) is 0 Å². The van der Waals surface area contributed by atoms with Crippen molar-refractivity contribution in [2.24, 2.45) is 0 Å². The summed E-state index contributed by atoms with van der Waals surface area (Å²) in [4.78, 5) is 15.7. The van der Waals surface area contributed by atoms with Gasteiger partial charge in [0.1, 0.15) is 5.75 Å². The number of likely N-dealkylation sites (tertiary alicyclic amines) is 1. The highest BCUT2D eigenvalue weighted by Crippen LogP contribution is 2.17. The Labute approximate surface area is 190 Å². The molecule has 0 radical (unpaired) electrons. The van der Waals surface area contributed by atoms with Gasteiger partial charge >= 0.3 is 0 Å². The van der Waals surface area contributed by atoms with Crippen LogP contribution in [0.4, 0.5) is 0 Å². The fraction of sp³-hybridized carbons (Fsp3) is 0.423. The molecule has 2 aromatic carbocycles. The minimum atomic E-state index is -0.444. The van der Waals surface area contributed by atoms with Crippen molar-refractivity contribution < 1.29 is 14.6 Å². The first-order valence-corrected chi connectivity index (χ1v) is 11.5. The fourth-order valence-corrected chi connectivity index (χ4v) is 4.40. The molecule has 2 heterocycles. The lowest BCUT2D eigenvalue weighted by atomic mass is 10.2. The monoisotopic (exact) mass is 435 g/mol. The van der Waals surface area contributed by atoms with Gasteiger partial charge in [0.15, 0.2) is 0 Å². The maximum absolute atomic E-state index is 11.6. The van der Waals surface area contributed by atoms with Gasteiger partial charge in [-0.15, -0.1) is 0 Å². The third-order valence-electron chi connectivity index (χ3n) is 6.00. The number of hydrogen-bond acceptors (Lipinski definition) is 4. The molecule has 4 rings (SSSR count). The molecule has 1 saturated heterocycles. The van der Waals surface area contributed by atoms with Gasteiger partial charge in [-0.05, 0) is 55.1 Å². The summed E-state index contributed by atoms with van der Waals surface area (Å²) in [5, 5.41) is 11.8. The lowest BCUT2D eigenvalue weighted by Gasteiger charge is -2.21. The lowest BCUT2D eigenvalue weighted by Crippen LogP contribution is -2.31. The number of nitrogens with zero attached hydrogens (tertiary/aromatic N) is 3. The number of hydrogen-bond donors (Lipinski definition) is 1. The van der Waals surface area contributed by atoms with Crippen molar-refractivity contribution in [3.8, 4) is 5.75 Å². The van der Waals surface area contributed by atoms with Crippen molar-refractivity contribution in [3.05, 3.63) is 66.4 Å². The van der Waals surface area contributed by atoms with E-state index in [1.54, 1.807) is 0 Å². The second-order valence-electron chi connectivity index (χ2n) is 8.71. The van der Waals surface area contributed by atoms with Crippen molar-refractivity contribution in [3.63, 3.8) is 0 Å². The molecule has 0 saturated carbocycles. The van der Waals surface area contributed by atoms with E-state index in [9.17, 15) is 9.90 Å². The average Bonchev–Trinajstić information content (AvgIpc) is 3.38. The van der Waals surface area contributed by atoms with E-state index in [1.807, 2.05) is 42.4 Å². The molecule has 6 nitrogen and oxygen atoms in total. The summed E-state index contributed by atoms with van der Waals surface area (Å²) in [6.07, 6.45) is 4.12. The molecule has 1 aliphatic heterocycles. The molecule has 32 heavy (non-hydrogen) atoms. The lowest BCUT2D eigenvalue weighted by molar-refractivity contribution is -0.127. The number of aliphatic hydroxyl groups is 1. The van der Waals surface area contributed by atoms with Crippen LogP contribution in [0.15, 0.2) is 60.8 Å². The number of aromatic nitrogens is 1. The van der Waals surface area contributed by atoms with Crippen molar-refractivity contribution in [2.75, 3.05) is 33.3 Å². The number of amides is 1. The Kier molecular flexibility index (Phi) is 7.45. The summed E-state index contributed by atoms with van der Waals surface area (Å²) >= 11 is 0. The van der Waals surface area contributed by atoms with Crippen LogP contribution in [0.25, 0.3) is 10.9 Å². The number of aliphatic hydroxyl groups excluding tert-OH is 1. The highest BCUT2D eigenvalue weighted by molar-refractivity contribution is 5.80. The van der Waals surface area contributed by atoms with Gasteiger partial charge in [0.05, 0.1) is 12.7 Å². The van der Waals surface area contributed by atoms with Crippen LogP contribution in [-0.2, 0) is 17.9 Å². The molecule has 170 valence electrons. The Hall–Kier alpha value is -2.83. The van der Waals surface area contributed by atoms with Crippen molar-refractivity contribution in [1.29, 1.82) is 0 Å². The fourth-order valence-electron chi connectivity index (χ4n) is 4.40. The van der Waals surface area contributed by atoms with Crippen LogP contribution >= 0.6 is 0 Å². The predicted molar refractivity (Wildman–Crippen MR) is 127 cm³/mol. The number of ether oxygens (including phenoxy) is 1. The third-order valence-corrected chi connectivity index (χ3v) is 6.00. The molecule has 1 aromatic heterocycles. The number of rotatable bonds is 11. The van der Waals surface area contributed by atoms with Crippen molar-refractivity contribution in [1.82, 2.24) is 14.4 Å². The first kappa shape index (κ1) is 22.4. The zero-order valence-corrected chi connectivity index (χ0v) is 18.8. The van der Waals surface area contributed by atoms with Crippen molar-refractivity contribution in [2.45, 2.75) is 38.5 Å². The molecule has 1 amide bonds. The first-order chi connectivity index (χ1) is 15.6. The standard InChI is InChI=1S/C26H33N3O3/c1-27(19-23(30)20-29-16-13-22-6-2-3-7-25(22)29)18-21-9-11-24(12-10-21)32-17-5-15-28-14-4-8-26(28)31/h2-3,6-7,9-13,16,23,30H,4-5,8,14-15,17-20H2,1H3. The Morgan fingerprint density at radius 1 is 1.12 bits per heavy atom. The number of fused-ring (bicyclic) bond motifs is 1. The van der Waals surface area contributed by atoms with Crippen LogP contribution in [0.1, 0.15) is 24.8 Å². The summed E-state index contributed by atoms with van der Waals surface area (Å²) < 4.78 is 7.94. The summed E-state index contributed by atoms with van der Waals surface area (Å²) in [5.41, 5.74) is 2.33. The van der Waals surface area contributed by atoms with Crippen LogP contribution in [0.2, 0.25) is 0 Å². The molecule has 6 heteroatoms. The SMILES string of the molecule is CN(Cc1ccc(OCCCN2CCCC2=O)cc1)CC(O)Cn1ccc2ccccc21. The molecule has 1 aliphatic rings. The number of carbonyl (C=O) groups excluding carboxylic acids is 1. The predicted octanol–water partition coefficient (Wildman–Crippen LogP) is 3.53. The number of likely N-dealkylation sites (N-methyl/N-ethyl adjacent to an activating group) is 1. The van der Waals surface area contributed by atoms with Crippen LogP contribution in [-0.4, -0.2) is 64.8 Å². The second kappa shape index (κ2) is 10.7. The van der Waals surface area contributed by atoms with Crippen LogP contribution in [0, 0.1) is 0 Å². The average molecular weight is 436 g/mol. The number of carbonyl (C=O) groups is 1. The molecular formula is C26H33N3O3. The van der Waals surface area contributed by atoms with Crippen LogP contribution in [0.3, 0.4) is 0 Å². The number of benzene rings is 2. The van der Waals surface area contributed by atoms with Gasteiger partial charge in [0, 0.05) is 50.9 Å². The van der Waals surface area contributed by atoms with E-state index in [4.69, 9.17) is 4.74 Å². The maximum Gasteiger partial charge on any atom is 0.222 e. The summed E-state index contributed by atoms with van der Waals surface area (Å²) in [6, 6.07) is 18.4. The molecule has 1 N–H and O–H groups in total. The Bertz CT molecular complexity index is 1010. The van der Waals surface area contributed by atoms with Gasteiger partial charge in [0.2, 0.25) is 5.91 Å². The highest BCUT2D eigenvalue weighted by atomic mass is 16.5. The van der Waals surface area contributed by atoms with E-state index in [0.29, 0.717) is 26.1 Å². The molecule has 3 aromatic rings. The van der Waals surface area contributed by atoms with E-state index in [2.05, 4.69) is 39.8 Å². The maximum atomic E-state index is 11.6. The Morgan fingerprint density at radius 3 is 2.72 bits per heavy atom. The van der Waals surface area contributed by atoms with Gasteiger partial charge < -0.3 is 19.3 Å². The Balaban J connectivity index is 1.18. The van der Waals surface area contributed by atoms with Gasteiger partial charge in [-0.3, -0.25) is 9.69 Å². The van der Waals surface area contributed by atoms with Crippen LogP contribution < -0.4 is 4.74 Å². The quantitative estimate of drug-likeness (QED) is 0.468. The smallest absolute Gasteiger partial charge is 0.222 e. The number of para-hydroxylation sites is 1. The van der Waals surface area contributed by atoms with Crippen molar-refractivity contribution >= 4 is 16.8 Å². The summed E-state index contributed by atoms with van der Waals surface area (Å²) in [7, 11) is 2.03. The molecule has 0 spiro atoms. The minimum absolute atomic E-state index is 0.269. The summed E-state index contributed by atoms with van der Waals surface area (Å²) in [5.74, 6) is 1.12. The highest BCUT2D eigenvalue weighted by Gasteiger charge is 2.19. The molecule has 0 aliphatic carbocycles. The topological polar surface area (TPSA) is 57.9 Å². The molecule has 1 unspecified atom stereocenters. The van der Waals surface area contributed by atoms with Crippen LogP contribution in [0.5, 0.6) is 5.75 Å². The zero-order valence-electron chi connectivity index (χ0n) is 18.8. The largest absolute Gasteiger partial charge is 0.494 e. The van der Waals surface area contributed by atoms with Gasteiger partial charge in [-0.25, -0.2) is 0 Å². The zero-order chi connectivity index (χ0) is 22.3. The summed E-state index contributed by atoms with van der Waals surface area (Å²) in [6.45, 7) is 4.22. The first-order valence-electron chi connectivity index (χ1n) is 11.5. The minimum Gasteiger partial charge on any atom is -0.494 e. The molecular weight excluding hydrogens is 402 g/mol. The van der Waals surface area contributed by atoms with E-state index in [0.717, 1.165) is 43.7 Å². The molecule has 1 fully saturated rings.